The average molecular weight is 348 g/mol. The predicted octanol–water partition coefficient (Wildman–Crippen LogP) is 5.98. The van der Waals surface area contributed by atoms with E-state index in [1.165, 1.54) is 16.7 Å². The summed E-state index contributed by atoms with van der Waals surface area (Å²) in [5.41, 5.74) is 9.96. The van der Waals surface area contributed by atoms with E-state index in [0.29, 0.717) is 0 Å². The van der Waals surface area contributed by atoms with Crippen molar-refractivity contribution in [3.8, 4) is 28.0 Å². The van der Waals surface area contributed by atoms with Crippen molar-refractivity contribution in [2.45, 2.75) is 54.4 Å². The fraction of sp³-hybridized carbons (Fsp3) is 0.375. The highest BCUT2D eigenvalue weighted by atomic mass is 16.5. The van der Waals surface area contributed by atoms with Crippen molar-refractivity contribution in [2.75, 3.05) is 6.61 Å². The standard InChI is InChI=1S/C24H28O2/c1-7-8-9-26-19-12-17(5)21(18(6)13-19)23-22(24(23)25)20-15(3)10-14(2)11-16(20)4/h10-13H,7-9H2,1-6H3. The van der Waals surface area contributed by atoms with Gasteiger partial charge in [-0.3, -0.25) is 4.79 Å². The molecule has 0 N–H and O–H groups in total. The SMILES string of the molecule is CCCCOc1cc(C)c(-c2c(-c3c(C)cc(C)cc3C)c2=O)c(C)c1. The van der Waals surface area contributed by atoms with Crippen LogP contribution in [0.25, 0.3) is 22.3 Å². The van der Waals surface area contributed by atoms with Crippen LogP contribution < -0.4 is 10.2 Å². The van der Waals surface area contributed by atoms with Crippen molar-refractivity contribution in [3.63, 3.8) is 0 Å². The van der Waals surface area contributed by atoms with Crippen molar-refractivity contribution in [1.82, 2.24) is 0 Å². The Morgan fingerprint density at radius 1 is 0.731 bits per heavy atom. The first-order valence-corrected chi connectivity index (χ1v) is 9.46. The highest BCUT2D eigenvalue weighted by Gasteiger charge is 2.30. The molecule has 26 heavy (non-hydrogen) atoms. The summed E-state index contributed by atoms with van der Waals surface area (Å²) in [7, 11) is 0. The Bertz CT molecular complexity index is 922. The Morgan fingerprint density at radius 2 is 1.19 bits per heavy atom. The average Bonchev–Trinajstić information content (AvgIpc) is 3.16. The van der Waals surface area contributed by atoms with E-state index >= 15 is 0 Å². The molecule has 0 atom stereocenters. The van der Waals surface area contributed by atoms with E-state index in [0.717, 1.165) is 58.6 Å². The molecule has 0 fully saturated rings. The number of aryl methyl sites for hydroxylation is 5. The van der Waals surface area contributed by atoms with E-state index in [4.69, 9.17) is 4.74 Å². The topological polar surface area (TPSA) is 26.3 Å². The van der Waals surface area contributed by atoms with E-state index in [-0.39, 0.29) is 5.43 Å². The maximum Gasteiger partial charge on any atom is 0.195 e. The van der Waals surface area contributed by atoms with E-state index in [2.05, 4.69) is 65.8 Å². The second-order valence-corrected chi connectivity index (χ2v) is 7.49. The Morgan fingerprint density at radius 3 is 1.65 bits per heavy atom. The van der Waals surface area contributed by atoms with Crippen LogP contribution in [0.4, 0.5) is 0 Å². The zero-order valence-corrected chi connectivity index (χ0v) is 16.7. The summed E-state index contributed by atoms with van der Waals surface area (Å²) in [6, 6.07) is 8.43. The van der Waals surface area contributed by atoms with Gasteiger partial charge in [0.05, 0.1) is 6.61 Å². The Balaban J connectivity index is 2.00. The normalized spacial score (nSPS) is 11.3. The maximum atomic E-state index is 12.7. The molecule has 2 nitrogen and oxygen atoms in total. The van der Waals surface area contributed by atoms with Crippen LogP contribution in [0.5, 0.6) is 5.75 Å². The molecule has 0 saturated carbocycles. The molecular weight excluding hydrogens is 320 g/mol. The summed E-state index contributed by atoms with van der Waals surface area (Å²) in [6.07, 6.45) is 2.18. The molecule has 0 aromatic heterocycles. The van der Waals surface area contributed by atoms with Crippen molar-refractivity contribution in [1.29, 1.82) is 0 Å². The van der Waals surface area contributed by atoms with Crippen molar-refractivity contribution < 1.29 is 4.74 Å². The molecule has 0 aliphatic rings. The molecule has 2 heteroatoms. The Hall–Kier alpha value is -2.35. The van der Waals surface area contributed by atoms with E-state index < -0.39 is 0 Å². The minimum atomic E-state index is 0.186. The lowest BCUT2D eigenvalue weighted by atomic mass is 9.95. The molecule has 0 spiro atoms. The van der Waals surface area contributed by atoms with Gasteiger partial charge in [-0.25, -0.2) is 0 Å². The minimum absolute atomic E-state index is 0.186. The van der Waals surface area contributed by atoms with Crippen LogP contribution >= 0.6 is 0 Å². The highest BCUT2D eigenvalue weighted by Crippen LogP contribution is 2.42. The van der Waals surface area contributed by atoms with Crippen molar-refractivity contribution in [3.05, 3.63) is 62.3 Å². The van der Waals surface area contributed by atoms with Gasteiger partial charge in [0.2, 0.25) is 0 Å². The van der Waals surface area contributed by atoms with Gasteiger partial charge in [0.15, 0.2) is 5.43 Å². The first-order valence-electron chi connectivity index (χ1n) is 9.46. The number of unbranched alkanes of at least 4 members (excludes halogenated alkanes) is 1. The number of hydrogen-bond acceptors (Lipinski definition) is 2. The van der Waals surface area contributed by atoms with Gasteiger partial charge in [0.1, 0.15) is 5.75 Å². The molecule has 3 aromatic carbocycles. The van der Waals surface area contributed by atoms with Gasteiger partial charge < -0.3 is 4.74 Å². The van der Waals surface area contributed by atoms with Gasteiger partial charge in [-0.05, 0) is 86.6 Å². The molecule has 0 aliphatic heterocycles. The molecule has 0 aliphatic carbocycles. The molecular formula is C24H28O2. The first-order chi connectivity index (χ1) is 12.3. The molecule has 3 aromatic rings. The lowest BCUT2D eigenvalue weighted by Gasteiger charge is -2.12. The van der Waals surface area contributed by atoms with Crippen LogP contribution in [0.3, 0.4) is 0 Å². The molecule has 136 valence electrons. The fourth-order valence-corrected chi connectivity index (χ4v) is 3.96. The maximum absolute atomic E-state index is 12.7. The third-order valence-corrected chi connectivity index (χ3v) is 5.09. The lowest BCUT2D eigenvalue weighted by Crippen LogP contribution is -1.98. The fourth-order valence-electron chi connectivity index (χ4n) is 3.96. The zero-order valence-electron chi connectivity index (χ0n) is 16.7. The second-order valence-electron chi connectivity index (χ2n) is 7.49. The Kier molecular flexibility index (Phi) is 5.04. The van der Waals surface area contributed by atoms with Gasteiger partial charge in [-0.1, -0.05) is 31.0 Å². The monoisotopic (exact) mass is 348 g/mol. The van der Waals surface area contributed by atoms with E-state index in [9.17, 15) is 4.79 Å². The summed E-state index contributed by atoms with van der Waals surface area (Å²) < 4.78 is 5.85. The molecule has 0 unspecified atom stereocenters. The highest BCUT2D eigenvalue weighted by molar-refractivity contribution is 5.98. The zero-order chi connectivity index (χ0) is 19.0. The van der Waals surface area contributed by atoms with Crippen LogP contribution in [-0.2, 0) is 0 Å². The van der Waals surface area contributed by atoms with Crippen LogP contribution in [0.2, 0.25) is 0 Å². The van der Waals surface area contributed by atoms with Crippen LogP contribution in [0.15, 0.2) is 29.1 Å². The van der Waals surface area contributed by atoms with Gasteiger partial charge in [-0.15, -0.1) is 0 Å². The van der Waals surface area contributed by atoms with E-state index in [1.807, 2.05) is 0 Å². The Labute approximate surface area is 156 Å². The molecule has 0 saturated heterocycles. The smallest absolute Gasteiger partial charge is 0.195 e. The summed E-state index contributed by atoms with van der Waals surface area (Å²) >= 11 is 0. The number of benzene rings is 2. The largest absolute Gasteiger partial charge is 0.494 e. The predicted molar refractivity (Wildman–Crippen MR) is 110 cm³/mol. The summed E-state index contributed by atoms with van der Waals surface area (Å²) in [5, 5.41) is 0. The van der Waals surface area contributed by atoms with Crippen LogP contribution in [0, 0.1) is 34.6 Å². The van der Waals surface area contributed by atoms with Gasteiger partial charge >= 0.3 is 0 Å². The molecule has 0 radical (unpaired) electrons. The molecule has 0 heterocycles. The van der Waals surface area contributed by atoms with Crippen molar-refractivity contribution in [2.24, 2.45) is 0 Å². The molecule has 3 rings (SSSR count). The second kappa shape index (κ2) is 7.11. The van der Waals surface area contributed by atoms with Gasteiger partial charge in [-0.2, -0.15) is 0 Å². The van der Waals surface area contributed by atoms with Gasteiger partial charge in [0, 0.05) is 11.1 Å². The van der Waals surface area contributed by atoms with Crippen molar-refractivity contribution >= 4 is 0 Å². The minimum Gasteiger partial charge on any atom is -0.494 e. The third-order valence-electron chi connectivity index (χ3n) is 5.09. The number of ether oxygens (including phenoxy) is 1. The summed E-state index contributed by atoms with van der Waals surface area (Å²) in [6.45, 7) is 13.3. The third kappa shape index (κ3) is 3.33. The number of rotatable bonds is 6. The lowest BCUT2D eigenvalue weighted by molar-refractivity contribution is 0.309. The first kappa shape index (κ1) is 18.4. The quantitative estimate of drug-likeness (QED) is 0.512. The summed E-state index contributed by atoms with van der Waals surface area (Å²) in [5.74, 6) is 0.898. The van der Waals surface area contributed by atoms with Gasteiger partial charge in [0.25, 0.3) is 0 Å². The molecule has 0 bridgehead atoms. The number of hydrogen-bond donors (Lipinski definition) is 0. The van der Waals surface area contributed by atoms with E-state index in [1.54, 1.807) is 0 Å². The van der Waals surface area contributed by atoms with Crippen LogP contribution in [0.1, 0.15) is 47.6 Å². The molecule has 0 amide bonds. The summed E-state index contributed by atoms with van der Waals surface area (Å²) in [4.78, 5) is 12.7. The van der Waals surface area contributed by atoms with Crippen LogP contribution in [-0.4, -0.2) is 6.61 Å².